The summed E-state index contributed by atoms with van der Waals surface area (Å²) in [5.74, 6) is 0.479. The van der Waals surface area contributed by atoms with Crippen LogP contribution in [0, 0.1) is 6.92 Å². The number of hydrogen-bond donors (Lipinski definition) is 1. The number of hydrogen-bond acceptors (Lipinski definition) is 3. The maximum Gasteiger partial charge on any atom is 0.276 e. The maximum atomic E-state index is 12.0. The minimum atomic E-state index is -0.221. The van der Waals surface area contributed by atoms with Crippen molar-refractivity contribution in [3.8, 4) is 5.75 Å². The SMILES string of the molecule is COc1cccc(NC(=O)c2nn(C)cc2C)c1. The molecule has 0 aliphatic carbocycles. The predicted octanol–water partition coefficient (Wildman–Crippen LogP) is 1.99. The van der Waals surface area contributed by atoms with Gasteiger partial charge in [-0.2, -0.15) is 5.10 Å². The van der Waals surface area contributed by atoms with Crippen molar-refractivity contribution < 1.29 is 9.53 Å². The molecule has 0 bridgehead atoms. The number of aromatic nitrogens is 2. The third kappa shape index (κ3) is 2.51. The van der Waals surface area contributed by atoms with Gasteiger partial charge in [0.2, 0.25) is 0 Å². The number of carbonyl (C=O) groups is 1. The lowest BCUT2D eigenvalue weighted by Crippen LogP contribution is -2.14. The van der Waals surface area contributed by atoms with Crippen LogP contribution >= 0.6 is 0 Å². The lowest BCUT2D eigenvalue weighted by atomic mass is 10.2. The van der Waals surface area contributed by atoms with E-state index in [-0.39, 0.29) is 5.91 Å². The summed E-state index contributed by atoms with van der Waals surface area (Å²) in [6, 6.07) is 7.20. The zero-order chi connectivity index (χ0) is 13.1. The number of methoxy groups -OCH3 is 1. The number of aryl methyl sites for hydroxylation is 2. The summed E-state index contributed by atoms with van der Waals surface area (Å²) in [5.41, 5.74) is 1.96. The highest BCUT2D eigenvalue weighted by Gasteiger charge is 2.13. The van der Waals surface area contributed by atoms with Gasteiger partial charge in [-0.25, -0.2) is 0 Å². The van der Waals surface area contributed by atoms with E-state index in [0.717, 1.165) is 5.56 Å². The predicted molar refractivity (Wildman–Crippen MR) is 68.9 cm³/mol. The molecule has 5 heteroatoms. The van der Waals surface area contributed by atoms with E-state index >= 15 is 0 Å². The largest absolute Gasteiger partial charge is 0.497 e. The van der Waals surface area contributed by atoms with Gasteiger partial charge in [0.05, 0.1) is 7.11 Å². The second kappa shape index (κ2) is 4.91. The van der Waals surface area contributed by atoms with Crippen LogP contribution in [-0.4, -0.2) is 22.8 Å². The number of ether oxygens (including phenoxy) is 1. The fourth-order valence-electron chi connectivity index (χ4n) is 1.72. The zero-order valence-corrected chi connectivity index (χ0v) is 10.6. The molecule has 0 radical (unpaired) electrons. The molecule has 0 saturated carbocycles. The minimum absolute atomic E-state index is 0.221. The molecular formula is C13H15N3O2. The van der Waals surface area contributed by atoms with Crippen molar-refractivity contribution in [3.05, 3.63) is 41.7 Å². The Balaban J connectivity index is 2.18. The van der Waals surface area contributed by atoms with E-state index in [1.165, 1.54) is 0 Å². The number of nitrogens with zero attached hydrogens (tertiary/aromatic N) is 2. The molecule has 0 spiro atoms. The lowest BCUT2D eigenvalue weighted by molar-refractivity contribution is 0.102. The molecule has 0 aliphatic rings. The molecule has 5 nitrogen and oxygen atoms in total. The Morgan fingerprint density at radius 2 is 2.22 bits per heavy atom. The van der Waals surface area contributed by atoms with E-state index in [0.29, 0.717) is 17.1 Å². The summed E-state index contributed by atoms with van der Waals surface area (Å²) in [4.78, 5) is 12.0. The number of carbonyl (C=O) groups excluding carboxylic acids is 1. The second-order valence-corrected chi connectivity index (χ2v) is 4.02. The molecule has 1 aromatic carbocycles. The van der Waals surface area contributed by atoms with Crippen LogP contribution in [0.25, 0.3) is 0 Å². The molecule has 94 valence electrons. The van der Waals surface area contributed by atoms with Crippen molar-refractivity contribution in [1.29, 1.82) is 0 Å². The Morgan fingerprint density at radius 3 is 2.83 bits per heavy atom. The van der Waals surface area contributed by atoms with Crippen molar-refractivity contribution in [1.82, 2.24) is 9.78 Å². The quantitative estimate of drug-likeness (QED) is 0.899. The van der Waals surface area contributed by atoms with Gasteiger partial charge >= 0.3 is 0 Å². The molecule has 1 N–H and O–H groups in total. The molecule has 2 rings (SSSR count). The van der Waals surface area contributed by atoms with E-state index in [2.05, 4.69) is 10.4 Å². The van der Waals surface area contributed by atoms with Crippen LogP contribution in [0.5, 0.6) is 5.75 Å². The van der Waals surface area contributed by atoms with Gasteiger partial charge in [0.15, 0.2) is 5.69 Å². The van der Waals surface area contributed by atoms with Crippen molar-refractivity contribution in [2.24, 2.45) is 7.05 Å². The highest BCUT2D eigenvalue weighted by Crippen LogP contribution is 2.17. The maximum absolute atomic E-state index is 12.0. The standard InChI is InChI=1S/C13H15N3O2/c1-9-8-16(2)15-12(9)13(17)14-10-5-4-6-11(7-10)18-3/h4-8H,1-3H3,(H,14,17). The van der Waals surface area contributed by atoms with Crippen LogP contribution in [-0.2, 0) is 7.05 Å². The molecule has 1 aromatic heterocycles. The van der Waals surface area contributed by atoms with Crippen molar-refractivity contribution in [2.75, 3.05) is 12.4 Å². The smallest absolute Gasteiger partial charge is 0.276 e. The molecule has 0 saturated heterocycles. The van der Waals surface area contributed by atoms with Gasteiger partial charge in [0, 0.05) is 30.6 Å². The molecule has 1 heterocycles. The Hall–Kier alpha value is -2.30. The van der Waals surface area contributed by atoms with E-state index in [1.54, 1.807) is 37.2 Å². The summed E-state index contributed by atoms with van der Waals surface area (Å²) in [5, 5.41) is 6.91. The first-order valence-corrected chi connectivity index (χ1v) is 5.56. The normalized spacial score (nSPS) is 10.2. The Bertz CT molecular complexity index is 575. The van der Waals surface area contributed by atoms with Crippen molar-refractivity contribution >= 4 is 11.6 Å². The molecule has 18 heavy (non-hydrogen) atoms. The van der Waals surface area contributed by atoms with E-state index < -0.39 is 0 Å². The molecule has 0 unspecified atom stereocenters. The summed E-state index contributed by atoms with van der Waals surface area (Å²) < 4.78 is 6.72. The third-order valence-electron chi connectivity index (χ3n) is 2.55. The first-order chi connectivity index (χ1) is 8.60. The van der Waals surface area contributed by atoms with E-state index in [9.17, 15) is 4.79 Å². The van der Waals surface area contributed by atoms with Crippen LogP contribution in [0.3, 0.4) is 0 Å². The van der Waals surface area contributed by atoms with E-state index in [4.69, 9.17) is 4.74 Å². The van der Waals surface area contributed by atoms with Crippen LogP contribution in [0.4, 0.5) is 5.69 Å². The Kier molecular flexibility index (Phi) is 3.32. The summed E-state index contributed by atoms with van der Waals surface area (Å²) in [7, 11) is 3.37. The summed E-state index contributed by atoms with van der Waals surface area (Å²) >= 11 is 0. The fraction of sp³-hybridized carbons (Fsp3) is 0.231. The molecule has 1 amide bonds. The van der Waals surface area contributed by atoms with Gasteiger partial charge in [-0.1, -0.05) is 6.07 Å². The highest BCUT2D eigenvalue weighted by molar-refractivity contribution is 6.03. The molecule has 0 fully saturated rings. The zero-order valence-electron chi connectivity index (χ0n) is 10.6. The second-order valence-electron chi connectivity index (χ2n) is 4.02. The monoisotopic (exact) mass is 245 g/mol. The number of anilines is 1. The van der Waals surface area contributed by atoms with Crippen LogP contribution in [0.2, 0.25) is 0 Å². The van der Waals surface area contributed by atoms with Gasteiger partial charge in [-0.3, -0.25) is 9.48 Å². The fourth-order valence-corrected chi connectivity index (χ4v) is 1.72. The Labute approximate surface area is 105 Å². The molecular weight excluding hydrogens is 230 g/mol. The number of amides is 1. The number of benzene rings is 1. The molecule has 0 aliphatic heterocycles. The first kappa shape index (κ1) is 12.2. The topological polar surface area (TPSA) is 56.1 Å². The molecule has 0 atom stereocenters. The highest BCUT2D eigenvalue weighted by atomic mass is 16.5. The summed E-state index contributed by atoms with van der Waals surface area (Å²) in [6.07, 6.45) is 1.81. The number of rotatable bonds is 3. The van der Waals surface area contributed by atoms with Crippen LogP contribution in [0.15, 0.2) is 30.5 Å². The average molecular weight is 245 g/mol. The first-order valence-electron chi connectivity index (χ1n) is 5.56. The van der Waals surface area contributed by atoms with Gasteiger partial charge < -0.3 is 10.1 Å². The minimum Gasteiger partial charge on any atom is -0.497 e. The molecule has 2 aromatic rings. The van der Waals surface area contributed by atoms with Gasteiger partial charge in [0.25, 0.3) is 5.91 Å². The van der Waals surface area contributed by atoms with Crippen molar-refractivity contribution in [3.63, 3.8) is 0 Å². The van der Waals surface area contributed by atoms with Crippen LogP contribution in [0.1, 0.15) is 16.1 Å². The van der Waals surface area contributed by atoms with Gasteiger partial charge in [-0.05, 0) is 19.1 Å². The van der Waals surface area contributed by atoms with Gasteiger partial charge in [-0.15, -0.1) is 0 Å². The van der Waals surface area contributed by atoms with Crippen molar-refractivity contribution in [2.45, 2.75) is 6.92 Å². The van der Waals surface area contributed by atoms with Crippen LogP contribution < -0.4 is 10.1 Å². The third-order valence-corrected chi connectivity index (χ3v) is 2.55. The summed E-state index contributed by atoms with van der Waals surface area (Å²) in [6.45, 7) is 1.85. The van der Waals surface area contributed by atoms with E-state index in [1.807, 2.05) is 19.1 Å². The lowest BCUT2D eigenvalue weighted by Gasteiger charge is -2.05. The number of nitrogens with one attached hydrogen (secondary N) is 1. The van der Waals surface area contributed by atoms with Gasteiger partial charge in [0.1, 0.15) is 5.75 Å². The Morgan fingerprint density at radius 1 is 1.44 bits per heavy atom. The average Bonchev–Trinajstić information content (AvgIpc) is 2.69.